The van der Waals surface area contributed by atoms with Gasteiger partial charge in [-0.25, -0.2) is 4.98 Å². The Balaban J connectivity index is 2.62. The number of rotatable bonds is 3. The van der Waals surface area contributed by atoms with Crippen LogP contribution in [0.1, 0.15) is 25.4 Å². The van der Waals surface area contributed by atoms with Gasteiger partial charge in [0.15, 0.2) is 5.69 Å². The van der Waals surface area contributed by atoms with Gasteiger partial charge in [0, 0.05) is 19.7 Å². The standard InChI is InChI=1S/C13H16N4/c1-9(2)6-13-16-11(7-14)12-5-4-10(15-3)8-17(12)13/h4-5,8-9,15H,6H2,1-3H3. The van der Waals surface area contributed by atoms with Gasteiger partial charge in [0.1, 0.15) is 11.9 Å². The van der Waals surface area contributed by atoms with E-state index >= 15 is 0 Å². The molecule has 0 fully saturated rings. The van der Waals surface area contributed by atoms with Crippen LogP contribution in [0.3, 0.4) is 0 Å². The second-order valence-corrected chi connectivity index (χ2v) is 4.51. The fraction of sp³-hybridized carbons (Fsp3) is 0.385. The van der Waals surface area contributed by atoms with Gasteiger partial charge in [-0.2, -0.15) is 5.26 Å². The van der Waals surface area contributed by atoms with Crippen molar-refractivity contribution in [3.05, 3.63) is 29.8 Å². The van der Waals surface area contributed by atoms with E-state index in [4.69, 9.17) is 5.26 Å². The summed E-state index contributed by atoms with van der Waals surface area (Å²) in [7, 11) is 1.88. The summed E-state index contributed by atoms with van der Waals surface area (Å²) in [5, 5.41) is 12.2. The monoisotopic (exact) mass is 228 g/mol. The van der Waals surface area contributed by atoms with Crippen LogP contribution in [0.25, 0.3) is 5.52 Å². The molecule has 0 amide bonds. The van der Waals surface area contributed by atoms with Crippen molar-refractivity contribution in [3.8, 4) is 6.07 Å². The maximum atomic E-state index is 9.07. The quantitative estimate of drug-likeness (QED) is 0.877. The van der Waals surface area contributed by atoms with Crippen molar-refractivity contribution in [2.24, 2.45) is 5.92 Å². The van der Waals surface area contributed by atoms with Gasteiger partial charge < -0.3 is 9.72 Å². The molecule has 0 spiro atoms. The molecule has 4 nitrogen and oxygen atoms in total. The Kier molecular flexibility index (Phi) is 3.01. The first-order chi connectivity index (χ1) is 8.15. The lowest BCUT2D eigenvalue weighted by Gasteiger charge is -2.06. The van der Waals surface area contributed by atoms with Crippen molar-refractivity contribution in [2.75, 3.05) is 12.4 Å². The van der Waals surface area contributed by atoms with Crippen LogP contribution in [0.15, 0.2) is 18.3 Å². The van der Waals surface area contributed by atoms with Gasteiger partial charge >= 0.3 is 0 Å². The average Bonchev–Trinajstić information content (AvgIpc) is 2.66. The van der Waals surface area contributed by atoms with E-state index in [0.29, 0.717) is 11.6 Å². The average molecular weight is 228 g/mol. The SMILES string of the molecule is CNc1ccc2c(C#N)nc(CC(C)C)n2c1. The number of nitriles is 1. The Morgan fingerprint density at radius 2 is 2.24 bits per heavy atom. The number of fused-ring (bicyclic) bond motifs is 1. The normalized spacial score (nSPS) is 10.8. The molecule has 0 aromatic carbocycles. The third-order valence-corrected chi connectivity index (χ3v) is 2.70. The number of nitrogens with zero attached hydrogens (tertiary/aromatic N) is 3. The molecule has 2 aromatic heterocycles. The molecule has 2 heterocycles. The predicted molar refractivity (Wildman–Crippen MR) is 68.0 cm³/mol. The number of hydrogen-bond donors (Lipinski definition) is 1. The van der Waals surface area contributed by atoms with Crippen LogP contribution in [-0.2, 0) is 6.42 Å². The highest BCUT2D eigenvalue weighted by molar-refractivity contribution is 5.62. The highest BCUT2D eigenvalue weighted by Crippen LogP contribution is 2.18. The molecule has 0 bridgehead atoms. The van der Waals surface area contributed by atoms with Gasteiger partial charge in [-0.3, -0.25) is 0 Å². The van der Waals surface area contributed by atoms with Gasteiger partial charge in [0.2, 0.25) is 0 Å². The molecule has 0 unspecified atom stereocenters. The smallest absolute Gasteiger partial charge is 0.166 e. The van der Waals surface area contributed by atoms with Crippen molar-refractivity contribution in [2.45, 2.75) is 20.3 Å². The Bertz CT molecular complexity index is 575. The number of pyridine rings is 1. The zero-order valence-corrected chi connectivity index (χ0v) is 10.4. The number of hydrogen-bond acceptors (Lipinski definition) is 3. The lowest BCUT2D eigenvalue weighted by atomic mass is 10.1. The summed E-state index contributed by atoms with van der Waals surface area (Å²) < 4.78 is 2.00. The third-order valence-electron chi connectivity index (χ3n) is 2.70. The molecular formula is C13H16N4. The van der Waals surface area contributed by atoms with E-state index in [9.17, 15) is 0 Å². The highest BCUT2D eigenvalue weighted by Gasteiger charge is 2.11. The maximum Gasteiger partial charge on any atom is 0.166 e. The predicted octanol–water partition coefficient (Wildman–Crippen LogP) is 2.45. The van der Waals surface area contributed by atoms with E-state index in [1.54, 1.807) is 0 Å². The Morgan fingerprint density at radius 3 is 2.82 bits per heavy atom. The van der Waals surface area contributed by atoms with Gasteiger partial charge in [0.25, 0.3) is 0 Å². The minimum absolute atomic E-state index is 0.503. The van der Waals surface area contributed by atoms with Crippen LogP contribution in [0.2, 0.25) is 0 Å². The first kappa shape index (κ1) is 11.5. The van der Waals surface area contributed by atoms with Crippen molar-refractivity contribution in [1.29, 1.82) is 5.26 Å². The lowest BCUT2D eigenvalue weighted by Crippen LogP contribution is -2.01. The molecule has 0 atom stereocenters. The molecule has 0 saturated carbocycles. The molecular weight excluding hydrogens is 212 g/mol. The minimum atomic E-state index is 0.503. The first-order valence-corrected chi connectivity index (χ1v) is 5.74. The zero-order chi connectivity index (χ0) is 12.4. The first-order valence-electron chi connectivity index (χ1n) is 5.74. The minimum Gasteiger partial charge on any atom is -0.387 e. The summed E-state index contributed by atoms with van der Waals surface area (Å²) in [6.07, 6.45) is 2.86. The molecule has 2 aromatic rings. The topological polar surface area (TPSA) is 53.1 Å². The molecule has 0 saturated heterocycles. The number of imidazole rings is 1. The highest BCUT2D eigenvalue weighted by atomic mass is 15.0. The molecule has 0 radical (unpaired) electrons. The summed E-state index contributed by atoms with van der Waals surface area (Å²) in [4.78, 5) is 4.40. The van der Waals surface area contributed by atoms with Crippen LogP contribution in [0.4, 0.5) is 5.69 Å². The molecule has 17 heavy (non-hydrogen) atoms. The summed E-state index contributed by atoms with van der Waals surface area (Å²) in [6, 6.07) is 6.04. The van der Waals surface area contributed by atoms with Crippen molar-refractivity contribution in [1.82, 2.24) is 9.38 Å². The third kappa shape index (κ3) is 2.09. The second-order valence-electron chi connectivity index (χ2n) is 4.51. The lowest BCUT2D eigenvalue weighted by molar-refractivity contribution is 0.619. The Labute approximate surface area is 101 Å². The van der Waals surface area contributed by atoms with Gasteiger partial charge in [-0.1, -0.05) is 13.8 Å². The fourth-order valence-corrected chi connectivity index (χ4v) is 1.89. The summed E-state index contributed by atoms with van der Waals surface area (Å²) in [5.41, 5.74) is 2.40. The van der Waals surface area contributed by atoms with Crippen LogP contribution in [-0.4, -0.2) is 16.4 Å². The van der Waals surface area contributed by atoms with Gasteiger partial charge in [-0.15, -0.1) is 0 Å². The zero-order valence-electron chi connectivity index (χ0n) is 10.4. The molecule has 0 aliphatic heterocycles. The Morgan fingerprint density at radius 1 is 1.47 bits per heavy atom. The molecule has 2 rings (SSSR count). The molecule has 88 valence electrons. The number of nitrogens with one attached hydrogen (secondary N) is 1. The summed E-state index contributed by atoms with van der Waals surface area (Å²) >= 11 is 0. The second kappa shape index (κ2) is 4.46. The van der Waals surface area contributed by atoms with Crippen LogP contribution in [0, 0.1) is 17.2 Å². The van der Waals surface area contributed by atoms with Crippen molar-refractivity contribution >= 4 is 11.2 Å². The van der Waals surface area contributed by atoms with Crippen molar-refractivity contribution < 1.29 is 0 Å². The molecule has 4 heteroatoms. The fourth-order valence-electron chi connectivity index (χ4n) is 1.89. The Hall–Kier alpha value is -2.02. The van der Waals surface area contributed by atoms with E-state index in [2.05, 4.69) is 30.2 Å². The number of anilines is 1. The summed E-state index contributed by atoms with van der Waals surface area (Å²) in [5.74, 6) is 1.47. The van der Waals surface area contributed by atoms with Gasteiger partial charge in [-0.05, 0) is 18.1 Å². The van der Waals surface area contributed by atoms with E-state index in [-0.39, 0.29) is 0 Å². The van der Waals surface area contributed by atoms with Crippen LogP contribution < -0.4 is 5.32 Å². The largest absolute Gasteiger partial charge is 0.387 e. The van der Waals surface area contributed by atoms with Crippen molar-refractivity contribution in [3.63, 3.8) is 0 Å². The number of aromatic nitrogens is 2. The van der Waals surface area contributed by atoms with Crippen LogP contribution >= 0.6 is 0 Å². The summed E-state index contributed by atoms with van der Waals surface area (Å²) in [6.45, 7) is 4.30. The van der Waals surface area contributed by atoms with Gasteiger partial charge in [0.05, 0.1) is 11.2 Å². The van der Waals surface area contributed by atoms with E-state index in [1.165, 1.54) is 0 Å². The van der Waals surface area contributed by atoms with E-state index in [1.807, 2.05) is 29.8 Å². The van der Waals surface area contributed by atoms with E-state index < -0.39 is 0 Å². The maximum absolute atomic E-state index is 9.07. The molecule has 1 N–H and O–H groups in total. The van der Waals surface area contributed by atoms with Crippen LogP contribution in [0.5, 0.6) is 0 Å². The van der Waals surface area contributed by atoms with E-state index in [0.717, 1.165) is 23.4 Å². The molecule has 0 aliphatic carbocycles. The molecule has 0 aliphatic rings.